The van der Waals surface area contributed by atoms with E-state index in [4.69, 9.17) is 19.1 Å². The van der Waals surface area contributed by atoms with Crippen molar-refractivity contribution < 1.29 is 32.2 Å². The Bertz CT molecular complexity index is 862. The van der Waals surface area contributed by atoms with Gasteiger partial charge in [0.25, 0.3) is 0 Å². The molecule has 2 aromatic rings. The van der Waals surface area contributed by atoms with Gasteiger partial charge in [-0.3, -0.25) is 4.90 Å². The van der Waals surface area contributed by atoms with E-state index in [1.165, 1.54) is 24.1 Å². The summed E-state index contributed by atoms with van der Waals surface area (Å²) in [5, 5.41) is 16.1. The summed E-state index contributed by atoms with van der Waals surface area (Å²) >= 11 is 0. The van der Waals surface area contributed by atoms with E-state index in [2.05, 4.69) is 26.5 Å². The average molecular weight is 442 g/mol. The van der Waals surface area contributed by atoms with Gasteiger partial charge in [-0.2, -0.15) is 13.2 Å². The number of alkyl halides is 3. The topological polar surface area (TPSA) is 93.6 Å². The van der Waals surface area contributed by atoms with E-state index in [0.717, 1.165) is 37.7 Å². The Kier molecular flexibility index (Phi) is 7.50. The van der Waals surface area contributed by atoms with Gasteiger partial charge in [0.05, 0.1) is 37.5 Å². The van der Waals surface area contributed by atoms with Crippen molar-refractivity contribution >= 4 is 5.97 Å². The Balaban J connectivity index is 0.000000339. The summed E-state index contributed by atoms with van der Waals surface area (Å²) in [6, 6.07) is 2.15. The predicted octanol–water partition coefficient (Wildman–Crippen LogP) is 3.22. The SMILES string of the molecule is C=CCOCC1c2nnn(CC3CC3)c2CCN1Cc1ccoc1.O=C(O)C(F)(F)F. The lowest BCUT2D eigenvalue weighted by Gasteiger charge is -2.34. The Morgan fingerprint density at radius 3 is 2.74 bits per heavy atom. The molecule has 0 bridgehead atoms. The largest absolute Gasteiger partial charge is 0.490 e. The van der Waals surface area contributed by atoms with Crippen molar-refractivity contribution in [2.24, 2.45) is 5.92 Å². The molecular weight excluding hydrogens is 417 g/mol. The van der Waals surface area contributed by atoms with Crippen LogP contribution in [0.4, 0.5) is 13.2 Å². The van der Waals surface area contributed by atoms with Crippen molar-refractivity contribution in [1.82, 2.24) is 19.9 Å². The van der Waals surface area contributed by atoms with Crippen molar-refractivity contribution in [1.29, 1.82) is 0 Å². The molecule has 1 N–H and O–H groups in total. The molecule has 0 aromatic carbocycles. The van der Waals surface area contributed by atoms with E-state index in [0.29, 0.717) is 13.2 Å². The fourth-order valence-corrected chi connectivity index (χ4v) is 3.39. The molecule has 31 heavy (non-hydrogen) atoms. The number of carboxylic acid groups (broad SMARTS) is 1. The van der Waals surface area contributed by atoms with Gasteiger partial charge in [-0.15, -0.1) is 11.7 Å². The highest BCUT2D eigenvalue weighted by Crippen LogP contribution is 2.34. The number of ether oxygens (including phenoxy) is 1. The maximum Gasteiger partial charge on any atom is 0.490 e. The van der Waals surface area contributed by atoms with Crippen LogP contribution in [0.1, 0.15) is 35.8 Å². The number of hydrogen-bond donors (Lipinski definition) is 1. The maximum atomic E-state index is 10.6. The van der Waals surface area contributed by atoms with Crippen LogP contribution in [0.15, 0.2) is 35.7 Å². The third kappa shape index (κ3) is 6.41. The smallest absolute Gasteiger partial charge is 0.475 e. The molecule has 1 aliphatic carbocycles. The van der Waals surface area contributed by atoms with Crippen LogP contribution in [0.5, 0.6) is 0 Å². The Morgan fingerprint density at radius 2 is 2.16 bits per heavy atom. The Labute approximate surface area is 177 Å². The normalized spacial score (nSPS) is 18.7. The predicted molar refractivity (Wildman–Crippen MR) is 103 cm³/mol. The number of nitrogens with zero attached hydrogens (tertiary/aromatic N) is 4. The molecule has 170 valence electrons. The van der Waals surface area contributed by atoms with Gasteiger partial charge >= 0.3 is 12.1 Å². The van der Waals surface area contributed by atoms with E-state index < -0.39 is 12.1 Å². The van der Waals surface area contributed by atoms with Gasteiger partial charge < -0.3 is 14.3 Å². The van der Waals surface area contributed by atoms with Gasteiger partial charge in [-0.05, 0) is 24.8 Å². The molecule has 1 aliphatic heterocycles. The monoisotopic (exact) mass is 442 g/mol. The molecule has 2 aromatic heterocycles. The average Bonchev–Trinajstić information content (AvgIpc) is 3.20. The number of hydrogen-bond acceptors (Lipinski definition) is 6. The van der Waals surface area contributed by atoms with Gasteiger partial charge in [0.2, 0.25) is 0 Å². The Morgan fingerprint density at radius 1 is 1.42 bits per heavy atom. The van der Waals surface area contributed by atoms with Crippen molar-refractivity contribution in [3.63, 3.8) is 0 Å². The fourth-order valence-electron chi connectivity index (χ4n) is 3.39. The third-order valence-corrected chi connectivity index (χ3v) is 5.11. The first-order valence-corrected chi connectivity index (χ1v) is 9.95. The molecule has 1 unspecified atom stereocenters. The molecule has 3 heterocycles. The lowest BCUT2D eigenvalue weighted by Crippen LogP contribution is -2.38. The second-order valence-corrected chi connectivity index (χ2v) is 7.54. The highest BCUT2D eigenvalue weighted by molar-refractivity contribution is 5.73. The molecule has 0 radical (unpaired) electrons. The van der Waals surface area contributed by atoms with Gasteiger partial charge in [0, 0.05) is 31.6 Å². The fraction of sp³-hybridized carbons (Fsp3) is 0.550. The van der Waals surface area contributed by atoms with Gasteiger partial charge in [0.1, 0.15) is 5.69 Å². The minimum atomic E-state index is -5.08. The first-order valence-electron chi connectivity index (χ1n) is 9.95. The molecule has 8 nitrogen and oxygen atoms in total. The molecule has 0 spiro atoms. The summed E-state index contributed by atoms with van der Waals surface area (Å²) in [7, 11) is 0. The molecule has 11 heteroatoms. The van der Waals surface area contributed by atoms with Crippen LogP contribution < -0.4 is 0 Å². The van der Waals surface area contributed by atoms with Crippen molar-refractivity contribution in [3.8, 4) is 0 Å². The molecule has 1 atom stereocenters. The minimum absolute atomic E-state index is 0.136. The molecule has 0 amide bonds. The number of aliphatic carboxylic acids is 1. The number of fused-ring (bicyclic) bond motifs is 1. The second-order valence-electron chi connectivity index (χ2n) is 7.54. The lowest BCUT2D eigenvalue weighted by atomic mass is 10.0. The summed E-state index contributed by atoms with van der Waals surface area (Å²) in [5.74, 6) is -1.96. The highest BCUT2D eigenvalue weighted by atomic mass is 19.4. The van der Waals surface area contributed by atoms with Crippen molar-refractivity contribution in [2.75, 3.05) is 19.8 Å². The van der Waals surface area contributed by atoms with E-state index in [9.17, 15) is 13.2 Å². The van der Waals surface area contributed by atoms with Crippen LogP contribution >= 0.6 is 0 Å². The highest BCUT2D eigenvalue weighted by Gasteiger charge is 2.38. The van der Waals surface area contributed by atoms with E-state index >= 15 is 0 Å². The van der Waals surface area contributed by atoms with Crippen LogP contribution in [0.2, 0.25) is 0 Å². The number of halogens is 3. The zero-order valence-electron chi connectivity index (χ0n) is 16.9. The number of furan rings is 1. The van der Waals surface area contributed by atoms with Crippen LogP contribution in [0, 0.1) is 5.92 Å². The van der Waals surface area contributed by atoms with Gasteiger partial charge in [0.15, 0.2) is 0 Å². The summed E-state index contributed by atoms with van der Waals surface area (Å²) < 4.78 is 44.8. The van der Waals surface area contributed by atoms with Gasteiger partial charge in [-0.1, -0.05) is 11.3 Å². The van der Waals surface area contributed by atoms with Crippen LogP contribution in [-0.4, -0.2) is 56.9 Å². The first kappa shape index (κ1) is 23.0. The standard InChI is InChI=1S/C18H24N4O2.C2HF3O2/c1-2-8-23-13-17-18-16(22(20-19-18)11-14-3-4-14)5-7-21(17)10-15-6-9-24-12-15;3-2(4,5)1(6)7/h2,6,9,12,14,17H,1,3-5,7-8,10-11,13H2;(H,6,7). The maximum absolute atomic E-state index is 10.6. The zero-order valence-corrected chi connectivity index (χ0v) is 16.9. The first-order chi connectivity index (χ1) is 14.8. The summed E-state index contributed by atoms with van der Waals surface area (Å²) in [6.45, 7) is 7.74. The lowest BCUT2D eigenvalue weighted by molar-refractivity contribution is -0.192. The summed E-state index contributed by atoms with van der Waals surface area (Å²) in [5.41, 5.74) is 3.55. The van der Waals surface area contributed by atoms with E-state index in [1.54, 1.807) is 18.6 Å². The molecular formula is C20H25F3N4O4. The number of aromatic nitrogens is 3. The van der Waals surface area contributed by atoms with Gasteiger partial charge in [-0.25, -0.2) is 9.48 Å². The van der Waals surface area contributed by atoms with Crippen LogP contribution in [0.3, 0.4) is 0 Å². The number of carbonyl (C=O) groups is 1. The summed E-state index contributed by atoms with van der Waals surface area (Å²) in [4.78, 5) is 11.3. The van der Waals surface area contributed by atoms with Crippen LogP contribution in [0.25, 0.3) is 0 Å². The molecule has 2 aliphatic rings. The third-order valence-electron chi connectivity index (χ3n) is 5.11. The number of rotatable bonds is 8. The van der Waals surface area contributed by atoms with Crippen molar-refractivity contribution in [2.45, 2.75) is 44.6 Å². The molecule has 0 saturated heterocycles. The second kappa shape index (κ2) is 10.1. The number of carboxylic acids is 1. The molecule has 1 fully saturated rings. The quantitative estimate of drug-likeness (QED) is 0.496. The zero-order chi connectivity index (χ0) is 22.4. The minimum Gasteiger partial charge on any atom is -0.475 e. The summed E-state index contributed by atoms with van der Waals surface area (Å²) in [6.07, 6.45) is 3.88. The van der Waals surface area contributed by atoms with Crippen LogP contribution in [-0.2, 0) is 29.0 Å². The van der Waals surface area contributed by atoms with E-state index in [1.807, 2.05) is 6.07 Å². The van der Waals surface area contributed by atoms with Crippen molar-refractivity contribution in [3.05, 3.63) is 48.2 Å². The van der Waals surface area contributed by atoms with E-state index in [-0.39, 0.29) is 6.04 Å². The Hall–Kier alpha value is -2.66. The molecule has 4 rings (SSSR count). The molecule has 1 saturated carbocycles.